The van der Waals surface area contributed by atoms with E-state index < -0.39 is 18.8 Å². The summed E-state index contributed by atoms with van der Waals surface area (Å²) in [6.45, 7) is 7.95. The van der Waals surface area contributed by atoms with E-state index in [1.54, 1.807) is 12.3 Å². The minimum absolute atomic E-state index is 0.0859. The maximum Gasteiger partial charge on any atom is 0.272 e. The molecule has 3 rings (SSSR count). The third-order valence-electron chi connectivity index (χ3n) is 4.20. The number of pyridine rings is 1. The lowest BCUT2D eigenvalue weighted by molar-refractivity contribution is -0.385. The minimum Gasteiger partial charge on any atom is -0.453 e. The van der Waals surface area contributed by atoms with Crippen molar-refractivity contribution in [2.45, 2.75) is 32.4 Å². The summed E-state index contributed by atoms with van der Waals surface area (Å²) < 4.78 is 27.4. The molecular formula is C19H22FN3O4Si. The summed E-state index contributed by atoms with van der Waals surface area (Å²) >= 11 is 0. The number of non-ortho nitro benzene ring substituents is 1. The summed E-state index contributed by atoms with van der Waals surface area (Å²) in [5.74, 6) is -0.468. The van der Waals surface area contributed by atoms with Crippen molar-refractivity contribution in [3.63, 3.8) is 0 Å². The van der Waals surface area contributed by atoms with Gasteiger partial charge in [0, 0.05) is 33.1 Å². The lowest BCUT2D eigenvalue weighted by Crippen LogP contribution is -2.22. The van der Waals surface area contributed by atoms with Crippen molar-refractivity contribution in [3.8, 4) is 11.5 Å². The highest BCUT2D eigenvalue weighted by Crippen LogP contribution is 2.32. The van der Waals surface area contributed by atoms with E-state index in [1.165, 1.54) is 12.1 Å². The Morgan fingerprint density at radius 2 is 2.00 bits per heavy atom. The zero-order chi connectivity index (χ0) is 20.3. The van der Waals surface area contributed by atoms with Crippen molar-refractivity contribution in [2.75, 3.05) is 6.61 Å². The second-order valence-electron chi connectivity index (χ2n) is 7.65. The molecule has 0 radical (unpaired) electrons. The van der Waals surface area contributed by atoms with Crippen LogP contribution in [0.4, 0.5) is 10.1 Å². The molecule has 0 unspecified atom stereocenters. The number of halogens is 1. The SMILES string of the molecule is C[Si](C)(C)CCOCn1ccc2c(Oc3ccc([N+](=O)[O-])cc3F)ccnc21. The van der Waals surface area contributed by atoms with Crippen LogP contribution in [-0.4, -0.2) is 29.2 Å². The first kappa shape index (κ1) is 20.0. The van der Waals surface area contributed by atoms with Gasteiger partial charge in [0.25, 0.3) is 5.69 Å². The predicted octanol–water partition coefficient (Wildman–Crippen LogP) is 5.19. The molecule has 148 valence electrons. The van der Waals surface area contributed by atoms with E-state index in [9.17, 15) is 14.5 Å². The van der Waals surface area contributed by atoms with Crippen LogP contribution in [0.2, 0.25) is 25.7 Å². The van der Waals surface area contributed by atoms with Gasteiger partial charge in [0.05, 0.1) is 16.4 Å². The molecule has 3 aromatic rings. The van der Waals surface area contributed by atoms with Crippen LogP contribution in [0, 0.1) is 15.9 Å². The normalized spacial score (nSPS) is 11.7. The first-order chi connectivity index (χ1) is 13.2. The third-order valence-corrected chi connectivity index (χ3v) is 5.90. The molecule has 0 N–H and O–H groups in total. The summed E-state index contributed by atoms with van der Waals surface area (Å²) in [5.41, 5.74) is 0.333. The van der Waals surface area contributed by atoms with Crippen LogP contribution in [0.5, 0.6) is 11.5 Å². The quantitative estimate of drug-likeness (QED) is 0.224. The van der Waals surface area contributed by atoms with Gasteiger partial charge in [-0.1, -0.05) is 19.6 Å². The zero-order valence-electron chi connectivity index (χ0n) is 16.0. The van der Waals surface area contributed by atoms with Gasteiger partial charge in [-0.25, -0.2) is 9.37 Å². The van der Waals surface area contributed by atoms with Gasteiger partial charge in [0.1, 0.15) is 18.1 Å². The molecule has 0 spiro atoms. The molecule has 0 aliphatic heterocycles. The lowest BCUT2D eigenvalue weighted by Gasteiger charge is -2.15. The molecule has 28 heavy (non-hydrogen) atoms. The number of rotatable bonds is 8. The number of aromatic nitrogens is 2. The third kappa shape index (κ3) is 4.73. The number of nitro benzene ring substituents is 1. The molecule has 2 aromatic heterocycles. The number of benzene rings is 1. The molecule has 0 aliphatic carbocycles. The van der Waals surface area contributed by atoms with Crippen LogP contribution in [-0.2, 0) is 11.5 Å². The molecule has 2 heterocycles. The van der Waals surface area contributed by atoms with E-state index in [0.717, 1.165) is 12.1 Å². The predicted molar refractivity (Wildman–Crippen MR) is 107 cm³/mol. The monoisotopic (exact) mass is 403 g/mol. The first-order valence-corrected chi connectivity index (χ1v) is 12.6. The standard InChI is InChI=1S/C19H22FN3O4Si/c1-28(2,3)11-10-26-13-22-9-7-15-17(6-8-21-19(15)22)27-18-5-4-14(23(24)25)12-16(18)20/h4-9,12H,10-11,13H2,1-3H3. The molecule has 1 aromatic carbocycles. The van der Waals surface area contributed by atoms with Crippen LogP contribution in [0.15, 0.2) is 42.7 Å². The Balaban J connectivity index is 1.77. The van der Waals surface area contributed by atoms with Gasteiger partial charge < -0.3 is 14.0 Å². The van der Waals surface area contributed by atoms with Gasteiger partial charge in [-0.15, -0.1) is 0 Å². The molecule has 0 amide bonds. The molecule has 0 saturated heterocycles. The highest BCUT2D eigenvalue weighted by Gasteiger charge is 2.15. The average molecular weight is 403 g/mol. The lowest BCUT2D eigenvalue weighted by atomic mass is 10.3. The molecule has 0 atom stereocenters. The number of hydrogen-bond donors (Lipinski definition) is 0. The number of nitro groups is 1. The summed E-state index contributed by atoms with van der Waals surface area (Å²) in [6, 6.07) is 7.81. The second-order valence-corrected chi connectivity index (χ2v) is 13.3. The highest BCUT2D eigenvalue weighted by molar-refractivity contribution is 6.76. The summed E-state index contributed by atoms with van der Waals surface area (Å²) in [6.07, 6.45) is 3.41. The van der Waals surface area contributed by atoms with Gasteiger partial charge >= 0.3 is 0 Å². The Kier molecular flexibility index (Phi) is 5.75. The van der Waals surface area contributed by atoms with Gasteiger partial charge in [0.15, 0.2) is 11.6 Å². The van der Waals surface area contributed by atoms with E-state index in [4.69, 9.17) is 9.47 Å². The smallest absolute Gasteiger partial charge is 0.272 e. The van der Waals surface area contributed by atoms with Crippen LogP contribution in [0.25, 0.3) is 11.0 Å². The molecule has 0 fully saturated rings. The first-order valence-electron chi connectivity index (χ1n) is 8.88. The van der Waals surface area contributed by atoms with Crippen LogP contribution in [0.1, 0.15) is 0 Å². The fourth-order valence-electron chi connectivity index (χ4n) is 2.60. The van der Waals surface area contributed by atoms with Gasteiger partial charge in [-0.3, -0.25) is 10.1 Å². The fourth-order valence-corrected chi connectivity index (χ4v) is 3.36. The van der Waals surface area contributed by atoms with E-state index in [2.05, 4.69) is 24.6 Å². The Morgan fingerprint density at radius 1 is 1.21 bits per heavy atom. The number of fused-ring (bicyclic) bond motifs is 1. The second kappa shape index (κ2) is 8.07. The van der Waals surface area contributed by atoms with Crippen molar-refractivity contribution < 1.29 is 18.8 Å². The molecule has 0 saturated carbocycles. The Bertz CT molecular complexity index is 1000. The Morgan fingerprint density at radius 3 is 2.68 bits per heavy atom. The van der Waals surface area contributed by atoms with E-state index in [1.807, 2.05) is 16.8 Å². The zero-order valence-corrected chi connectivity index (χ0v) is 17.0. The van der Waals surface area contributed by atoms with E-state index in [0.29, 0.717) is 30.1 Å². The molecular weight excluding hydrogens is 381 g/mol. The number of hydrogen-bond acceptors (Lipinski definition) is 5. The van der Waals surface area contributed by atoms with Crippen molar-refractivity contribution >= 4 is 24.8 Å². The van der Waals surface area contributed by atoms with Crippen molar-refractivity contribution in [1.29, 1.82) is 0 Å². The van der Waals surface area contributed by atoms with Crippen LogP contribution >= 0.6 is 0 Å². The maximum absolute atomic E-state index is 14.1. The van der Waals surface area contributed by atoms with E-state index in [-0.39, 0.29) is 11.4 Å². The highest BCUT2D eigenvalue weighted by atomic mass is 28.3. The number of nitrogens with zero attached hydrogens (tertiary/aromatic N) is 3. The van der Waals surface area contributed by atoms with Crippen molar-refractivity contribution in [3.05, 3.63) is 58.7 Å². The van der Waals surface area contributed by atoms with E-state index >= 15 is 0 Å². The summed E-state index contributed by atoms with van der Waals surface area (Å²) in [4.78, 5) is 14.4. The summed E-state index contributed by atoms with van der Waals surface area (Å²) in [7, 11) is -1.15. The number of ether oxygens (including phenoxy) is 2. The molecule has 9 heteroatoms. The molecule has 7 nitrogen and oxygen atoms in total. The molecule has 0 bridgehead atoms. The largest absolute Gasteiger partial charge is 0.453 e. The van der Waals surface area contributed by atoms with Gasteiger partial charge in [0.2, 0.25) is 0 Å². The maximum atomic E-state index is 14.1. The summed E-state index contributed by atoms with van der Waals surface area (Å²) in [5, 5.41) is 11.4. The fraction of sp³-hybridized carbons (Fsp3) is 0.316. The van der Waals surface area contributed by atoms with Crippen LogP contribution in [0.3, 0.4) is 0 Å². The van der Waals surface area contributed by atoms with Crippen LogP contribution < -0.4 is 4.74 Å². The molecule has 0 aliphatic rings. The Hall–Kier alpha value is -2.78. The van der Waals surface area contributed by atoms with Gasteiger partial charge in [-0.2, -0.15) is 0 Å². The van der Waals surface area contributed by atoms with Crippen molar-refractivity contribution in [2.24, 2.45) is 0 Å². The minimum atomic E-state index is -1.15. The van der Waals surface area contributed by atoms with Crippen molar-refractivity contribution in [1.82, 2.24) is 9.55 Å². The topological polar surface area (TPSA) is 79.4 Å². The Labute approximate surface area is 162 Å². The van der Waals surface area contributed by atoms with Gasteiger partial charge in [-0.05, 0) is 24.2 Å². The average Bonchev–Trinajstić information content (AvgIpc) is 3.03.